The predicted octanol–water partition coefficient (Wildman–Crippen LogP) is 2.96. The topological polar surface area (TPSA) is 42.7 Å². The van der Waals surface area contributed by atoms with Crippen molar-refractivity contribution >= 4 is 21.4 Å². The van der Waals surface area contributed by atoms with Crippen LogP contribution in [0.4, 0.5) is 4.39 Å². The number of hydrogen-bond acceptors (Lipinski definition) is 4. The van der Waals surface area contributed by atoms with Gasteiger partial charge in [-0.15, -0.1) is 21.5 Å². The van der Waals surface area contributed by atoms with E-state index in [0.29, 0.717) is 0 Å². The molecule has 1 aliphatic rings. The molecule has 1 unspecified atom stereocenters. The van der Waals surface area contributed by atoms with E-state index in [0.717, 1.165) is 39.7 Å². The molecule has 1 N–H and O–H groups in total. The molecule has 0 amide bonds. The Morgan fingerprint density at radius 2 is 2.25 bits per heavy atom. The van der Waals surface area contributed by atoms with E-state index in [1.165, 1.54) is 6.07 Å². The van der Waals surface area contributed by atoms with Crippen LogP contribution >= 0.6 is 11.3 Å². The summed E-state index contributed by atoms with van der Waals surface area (Å²) >= 11 is 1.56. The lowest BCUT2D eigenvalue weighted by Gasteiger charge is -2.21. The Morgan fingerprint density at radius 1 is 1.35 bits per heavy atom. The van der Waals surface area contributed by atoms with Gasteiger partial charge in [-0.05, 0) is 30.5 Å². The molecule has 20 heavy (non-hydrogen) atoms. The van der Waals surface area contributed by atoms with Gasteiger partial charge in [0.25, 0.3) is 0 Å². The number of rotatable bonds is 1. The van der Waals surface area contributed by atoms with Gasteiger partial charge in [-0.25, -0.2) is 4.39 Å². The zero-order chi connectivity index (χ0) is 13.7. The summed E-state index contributed by atoms with van der Waals surface area (Å²) in [5, 5.41) is 13.0. The van der Waals surface area contributed by atoms with Crippen molar-refractivity contribution < 1.29 is 4.39 Å². The van der Waals surface area contributed by atoms with E-state index in [2.05, 4.69) is 33.1 Å². The maximum Gasteiger partial charge on any atom is 0.174 e. The number of benzene rings is 1. The summed E-state index contributed by atoms with van der Waals surface area (Å²) in [5.41, 5.74) is 0. The lowest BCUT2D eigenvalue weighted by molar-refractivity contribution is 0.439. The number of aromatic nitrogens is 3. The van der Waals surface area contributed by atoms with E-state index in [1.807, 2.05) is 6.07 Å². The Hall–Kier alpha value is -1.79. The van der Waals surface area contributed by atoms with Crippen LogP contribution in [0.3, 0.4) is 0 Å². The molecule has 0 spiro atoms. The number of fused-ring (bicyclic) bond motifs is 2. The van der Waals surface area contributed by atoms with Crippen molar-refractivity contribution in [2.75, 3.05) is 6.54 Å². The number of hydrogen-bond donors (Lipinski definition) is 1. The highest BCUT2D eigenvalue weighted by atomic mass is 32.1. The van der Waals surface area contributed by atoms with Crippen LogP contribution in [0.5, 0.6) is 0 Å². The summed E-state index contributed by atoms with van der Waals surface area (Å²) in [6, 6.07) is 7.15. The molecule has 0 saturated heterocycles. The fourth-order valence-corrected chi connectivity index (χ4v) is 3.72. The molecule has 1 aromatic carbocycles. The van der Waals surface area contributed by atoms with Crippen molar-refractivity contribution in [2.45, 2.75) is 19.5 Å². The highest BCUT2D eigenvalue weighted by Gasteiger charge is 2.22. The normalized spacial score (nSPS) is 18.4. The van der Waals surface area contributed by atoms with Crippen LogP contribution in [0.25, 0.3) is 20.8 Å². The van der Waals surface area contributed by atoms with E-state index in [-0.39, 0.29) is 11.9 Å². The molecule has 0 aliphatic carbocycles. The van der Waals surface area contributed by atoms with Crippen LogP contribution in [0, 0.1) is 5.82 Å². The van der Waals surface area contributed by atoms with E-state index < -0.39 is 0 Å². The average molecular weight is 288 g/mol. The standard InChI is InChI=1S/C14H13FN4S/c1-8-13-17-18-14(19(13)5-4-16-8)12-6-9-2-3-10(15)7-11(9)20-12/h2-3,6-8,16H,4-5H2,1H3. The van der Waals surface area contributed by atoms with Gasteiger partial charge in [0.1, 0.15) is 11.6 Å². The minimum atomic E-state index is -0.202. The van der Waals surface area contributed by atoms with Gasteiger partial charge < -0.3 is 9.88 Å². The van der Waals surface area contributed by atoms with Crippen LogP contribution in [-0.4, -0.2) is 21.3 Å². The molecular formula is C14H13FN4S. The molecule has 1 aliphatic heterocycles. The van der Waals surface area contributed by atoms with Crippen molar-refractivity contribution in [3.63, 3.8) is 0 Å². The van der Waals surface area contributed by atoms with Crippen LogP contribution in [0.2, 0.25) is 0 Å². The molecule has 6 heteroatoms. The van der Waals surface area contributed by atoms with Crippen molar-refractivity contribution in [3.8, 4) is 10.7 Å². The number of nitrogens with one attached hydrogen (secondary N) is 1. The monoisotopic (exact) mass is 288 g/mol. The minimum absolute atomic E-state index is 0.202. The molecule has 1 atom stereocenters. The first-order valence-electron chi connectivity index (χ1n) is 6.58. The van der Waals surface area contributed by atoms with Crippen LogP contribution in [0.15, 0.2) is 24.3 Å². The second-order valence-corrected chi connectivity index (χ2v) is 6.09. The third-order valence-electron chi connectivity index (χ3n) is 3.66. The number of halogens is 1. The molecule has 3 heterocycles. The van der Waals surface area contributed by atoms with Gasteiger partial charge in [0.05, 0.1) is 10.9 Å². The first-order valence-corrected chi connectivity index (χ1v) is 7.40. The zero-order valence-corrected chi connectivity index (χ0v) is 11.7. The largest absolute Gasteiger partial charge is 0.308 e. The van der Waals surface area contributed by atoms with Gasteiger partial charge in [-0.2, -0.15) is 0 Å². The second kappa shape index (κ2) is 4.36. The highest BCUT2D eigenvalue weighted by molar-refractivity contribution is 7.22. The van der Waals surface area contributed by atoms with Crippen LogP contribution < -0.4 is 5.32 Å². The van der Waals surface area contributed by atoms with Gasteiger partial charge in [-0.3, -0.25) is 0 Å². The van der Waals surface area contributed by atoms with Crippen molar-refractivity contribution in [3.05, 3.63) is 35.9 Å². The zero-order valence-electron chi connectivity index (χ0n) is 10.9. The fourth-order valence-electron chi connectivity index (χ4n) is 2.64. The van der Waals surface area contributed by atoms with Gasteiger partial charge in [-0.1, -0.05) is 6.07 Å². The highest BCUT2D eigenvalue weighted by Crippen LogP contribution is 2.34. The molecule has 2 aromatic heterocycles. The Bertz CT molecular complexity index is 792. The second-order valence-electron chi connectivity index (χ2n) is 5.00. The van der Waals surface area contributed by atoms with Crippen molar-refractivity contribution in [1.29, 1.82) is 0 Å². The van der Waals surface area contributed by atoms with Gasteiger partial charge in [0.2, 0.25) is 0 Å². The lowest BCUT2D eigenvalue weighted by atomic mass is 10.2. The third kappa shape index (κ3) is 1.76. The van der Waals surface area contributed by atoms with E-state index in [4.69, 9.17) is 0 Å². The number of nitrogens with zero attached hydrogens (tertiary/aromatic N) is 3. The Morgan fingerprint density at radius 3 is 3.15 bits per heavy atom. The Balaban J connectivity index is 1.87. The first kappa shape index (κ1) is 12.0. The maximum atomic E-state index is 13.3. The number of thiophene rings is 1. The predicted molar refractivity (Wildman–Crippen MR) is 77.2 cm³/mol. The third-order valence-corrected chi connectivity index (χ3v) is 4.75. The molecule has 102 valence electrons. The molecule has 3 aromatic rings. The fraction of sp³-hybridized carbons (Fsp3) is 0.286. The summed E-state index contributed by atoms with van der Waals surface area (Å²) in [7, 11) is 0. The van der Waals surface area contributed by atoms with E-state index in [9.17, 15) is 4.39 Å². The minimum Gasteiger partial charge on any atom is -0.308 e. The van der Waals surface area contributed by atoms with Gasteiger partial charge in [0, 0.05) is 17.8 Å². The quantitative estimate of drug-likeness (QED) is 0.748. The van der Waals surface area contributed by atoms with Crippen molar-refractivity contribution in [2.24, 2.45) is 0 Å². The van der Waals surface area contributed by atoms with Crippen LogP contribution in [0.1, 0.15) is 18.8 Å². The van der Waals surface area contributed by atoms with E-state index in [1.54, 1.807) is 17.4 Å². The van der Waals surface area contributed by atoms with E-state index >= 15 is 0 Å². The molecule has 0 radical (unpaired) electrons. The molecule has 0 saturated carbocycles. The van der Waals surface area contributed by atoms with Crippen molar-refractivity contribution in [1.82, 2.24) is 20.1 Å². The maximum absolute atomic E-state index is 13.3. The molecule has 0 fully saturated rings. The summed E-state index contributed by atoms with van der Waals surface area (Å²) in [5.74, 6) is 1.65. The molecule has 4 nitrogen and oxygen atoms in total. The van der Waals surface area contributed by atoms with Crippen LogP contribution in [-0.2, 0) is 6.54 Å². The van der Waals surface area contributed by atoms with Gasteiger partial charge >= 0.3 is 0 Å². The molecule has 4 rings (SSSR count). The first-order chi connectivity index (χ1) is 9.72. The average Bonchev–Trinajstić information content (AvgIpc) is 3.01. The Labute approximate surface area is 119 Å². The SMILES string of the molecule is CC1NCCn2c(-c3cc4ccc(F)cc4s3)nnc21. The summed E-state index contributed by atoms with van der Waals surface area (Å²) in [4.78, 5) is 1.04. The summed E-state index contributed by atoms with van der Waals surface area (Å²) in [6.07, 6.45) is 0. The molecular weight excluding hydrogens is 275 g/mol. The van der Waals surface area contributed by atoms with Gasteiger partial charge in [0.15, 0.2) is 5.82 Å². The summed E-state index contributed by atoms with van der Waals surface area (Å²) < 4.78 is 16.4. The lowest BCUT2D eigenvalue weighted by Crippen LogP contribution is -2.32. The molecule has 0 bridgehead atoms. The smallest absolute Gasteiger partial charge is 0.174 e. The Kier molecular flexibility index (Phi) is 2.61. The summed E-state index contributed by atoms with van der Waals surface area (Å²) in [6.45, 7) is 3.87.